The number of aromatic nitrogens is 2. The van der Waals surface area contributed by atoms with Crippen LogP contribution in [-0.4, -0.2) is 34.1 Å². The molecule has 0 aliphatic carbocycles. The number of rotatable bonds is 6. The molecule has 1 fully saturated rings. The third-order valence-corrected chi connectivity index (χ3v) is 6.01. The van der Waals surface area contributed by atoms with Crippen molar-refractivity contribution < 1.29 is 27.1 Å². The summed E-state index contributed by atoms with van der Waals surface area (Å²) < 4.78 is 60.8. The average Bonchev–Trinajstić information content (AvgIpc) is 3.02. The van der Waals surface area contributed by atoms with Crippen molar-refractivity contribution in [1.82, 2.24) is 9.97 Å². The third kappa shape index (κ3) is 5.83. The van der Waals surface area contributed by atoms with Crippen LogP contribution in [0.1, 0.15) is 29.7 Å². The monoisotopic (exact) mass is 529 g/mol. The van der Waals surface area contributed by atoms with Gasteiger partial charge in [0.2, 0.25) is 5.91 Å². The van der Waals surface area contributed by atoms with E-state index in [9.17, 15) is 22.4 Å². The van der Waals surface area contributed by atoms with E-state index < -0.39 is 29.2 Å². The number of halogens is 4. The van der Waals surface area contributed by atoms with Crippen molar-refractivity contribution in [1.29, 1.82) is 5.26 Å². The van der Waals surface area contributed by atoms with Gasteiger partial charge in [-0.2, -0.15) is 18.4 Å². The van der Waals surface area contributed by atoms with E-state index in [1.54, 1.807) is 18.5 Å². The van der Waals surface area contributed by atoms with E-state index in [0.29, 0.717) is 24.6 Å². The highest BCUT2D eigenvalue weighted by molar-refractivity contribution is 7.81. The van der Waals surface area contributed by atoms with E-state index in [1.165, 1.54) is 23.1 Å². The van der Waals surface area contributed by atoms with Gasteiger partial charge in [0.25, 0.3) is 0 Å². The molecule has 0 radical (unpaired) electrons. The Morgan fingerprint density at radius 3 is 2.57 bits per heavy atom. The van der Waals surface area contributed by atoms with Gasteiger partial charge in [-0.05, 0) is 54.5 Å². The number of carbonyl (C=O) groups excluding carboxylic acids is 1. The molecule has 1 aliphatic heterocycles. The van der Waals surface area contributed by atoms with Crippen LogP contribution < -0.4 is 14.5 Å². The number of benzene rings is 1. The van der Waals surface area contributed by atoms with Crippen LogP contribution in [0.4, 0.5) is 28.9 Å². The van der Waals surface area contributed by atoms with Crippen LogP contribution in [-0.2, 0) is 17.4 Å². The van der Waals surface area contributed by atoms with Gasteiger partial charge in [-0.25, -0.2) is 9.37 Å². The topological polar surface area (TPSA) is 82.4 Å². The van der Waals surface area contributed by atoms with Gasteiger partial charge in [0, 0.05) is 43.5 Å². The van der Waals surface area contributed by atoms with Crippen LogP contribution in [0.15, 0.2) is 55.0 Å². The predicted octanol–water partition coefficient (Wildman–Crippen LogP) is 5.05. The number of thiocarbonyl (C=S) groups is 1. The van der Waals surface area contributed by atoms with E-state index in [0.717, 1.165) is 16.7 Å². The Morgan fingerprint density at radius 2 is 1.89 bits per heavy atom. The van der Waals surface area contributed by atoms with Crippen LogP contribution in [0.25, 0.3) is 0 Å². The number of hydrogen-bond acceptors (Lipinski definition) is 6. The SMILES string of the molecule is N#Cc1ncc(N2C(=O)CCCN(c3ccc(OCCc4ccncc4)c(F)c3)C2=S)cc1C(F)(F)F. The number of nitrogens with zero attached hydrogens (tertiary/aromatic N) is 5. The zero-order valence-corrected chi connectivity index (χ0v) is 20.0. The molecule has 1 aliphatic rings. The quantitative estimate of drug-likeness (QED) is 0.327. The Bertz CT molecular complexity index is 1360. The number of nitriles is 1. The average molecular weight is 530 g/mol. The minimum Gasteiger partial charge on any atom is -0.490 e. The highest BCUT2D eigenvalue weighted by Crippen LogP contribution is 2.35. The van der Waals surface area contributed by atoms with E-state index in [1.807, 2.05) is 12.1 Å². The second-order valence-electron chi connectivity index (χ2n) is 8.03. The Hall–Kier alpha value is -4.11. The van der Waals surface area contributed by atoms with E-state index in [4.69, 9.17) is 22.2 Å². The van der Waals surface area contributed by atoms with Crippen molar-refractivity contribution in [2.45, 2.75) is 25.4 Å². The van der Waals surface area contributed by atoms with Gasteiger partial charge in [-0.15, -0.1) is 0 Å². The van der Waals surface area contributed by atoms with Gasteiger partial charge in [-0.1, -0.05) is 0 Å². The van der Waals surface area contributed by atoms with Crippen LogP contribution in [0.5, 0.6) is 5.75 Å². The summed E-state index contributed by atoms with van der Waals surface area (Å²) in [5.41, 5.74) is -1.04. The number of pyridine rings is 2. The first-order valence-corrected chi connectivity index (χ1v) is 11.5. The third-order valence-electron chi connectivity index (χ3n) is 5.61. The number of carbonyl (C=O) groups is 1. The zero-order valence-electron chi connectivity index (χ0n) is 19.2. The minimum absolute atomic E-state index is 0.00330. The van der Waals surface area contributed by atoms with Crippen LogP contribution in [0.2, 0.25) is 0 Å². The molecule has 0 spiro atoms. The summed E-state index contributed by atoms with van der Waals surface area (Å²) in [5, 5.41) is 8.88. The lowest BCUT2D eigenvalue weighted by Crippen LogP contribution is -2.44. The minimum atomic E-state index is -4.86. The number of anilines is 2. The highest BCUT2D eigenvalue weighted by atomic mass is 32.1. The molecule has 0 saturated carbocycles. The molecule has 12 heteroatoms. The Morgan fingerprint density at radius 1 is 1.14 bits per heavy atom. The molecule has 190 valence electrons. The lowest BCUT2D eigenvalue weighted by atomic mass is 10.1. The predicted molar refractivity (Wildman–Crippen MR) is 130 cm³/mol. The summed E-state index contributed by atoms with van der Waals surface area (Å²) in [6.07, 6.45) is 0.313. The first kappa shape index (κ1) is 26.0. The van der Waals surface area contributed by atoms with Crippen LogP contribution >= 0.6 is 12.2 Å². The Labute approximate surface area is 214 Å². The molecule has 0 bridgehead atoms. The fourth-order valence-corrected chi connectivity index (χ4v) is 4.21. The first-order chi connectivity index (χ1) is 17.7. The molecule has 0 unspecified atom stereocenters. The van der Waals surface area contributed by atoms with Crippen molar-refractivity contribution in [3.8, 4) is 11.8 Å². The number of ether oxygens (including phenoxy) is 1. The van der Waals surface area contributed by atoms with Crippen molar-refractivity contribution in [3.63, 3.8) is 0 Å². The molecule has 3 heterocycles. The summed E-state index contributed by atoms with van der Waals surface area (Å²) in [7, 11) is 0. The van der Waals surface area contributed by atoms with Crippen molar-refractivity contribution in [3.05, 3.63) is 77.6 Å². The molecule has 37 heavy (non-hydrogen) atoms. The maximum absolute atomic E-state index is 14.9. The largest absolute Gasteiger partial charge is 0.490 e. The molecular formula is C25H19F4N5O2S. The molecule has 0 N–H and O–H groups in total. The summed E-state index contributed by atoms with van der Waals surface area (Å²) in [6.45, 7) is 0.469. The fraction of sp³-hybridized carbons (Fsp3) is 0.240. The lowest BCUT2D eigenvalue weighted by Gasteiger charge is -2.30. The van der Waals surface area contributed by atoms with Gasteiger partial charge in [0.1, 0.15) is 6.07 Å². The number of hydrogen-bond donors (Lipinski definition) is 0. The van der Waals surface area contributed by atoms with Gasteiger partial charge in [0.05, 0.1) is 24.1 Å². The standard InChI is InChI=1S/C25H19F4N5O2S/c26-20-13-17(3-4-22(20)36-11-7-16-5-8-31-9-6-16)33-10-1-2-23(35)34(24(33)37)18-12-19(25(27,28)29)21(14-30)32-15-18/h3-6,8-9,12-13,15H,1-2,7,10-11H2. The molecular weight excluding hydrogens is 510 g/mol. The van der Waals surface area contributed by atoms with Crippen molar-refractivity contribution in [2.24, 2.45) is 0 Å². The first-order valence-electron chi connectivity index (χ1n) is 11.1. The maximum atomic E-state index is 14.9. The summed E-state index contributed by atoms with van der Waals surface area (Å²) in [6, 6.07) is 9.92. The fourth-order valence-electron chi connectivity index (χ4n) is 3.80. The molecule has 1 amide bonds. The van der Waals surface area contributed by atoms with Crippen LogP contribution in [0.3, 0.4) is 0 Å². The Kier molecular flexibility index (Phi) is 7.63. The smallest absolute Gasteiger partial charge is 0.419 e. The molecule has 4 rings (SSSR count). The second-order valence-corrected chi connectivity index (χ2v) is 8.40. The van der Waals surface area contributed by atoms with Gasteiger partial charge in [0.15, 0.2) is 22.4 Å². The molecule has 1 aromatic carbocycles. The van der Waals surface area contributed by atoms with Gasteiger partial charge in [-0.3, -0.25) is 14.7 Å². The maximum Gasteiger partial charge on any atom is 0.419 e. The van der Waals surface area contributed by atoms with Crippen molar-refractivity contribution >= 4 is 34.6 Å². The normalized spacial score (nSPS) is 14.4. The number of alkyl halides is 3. The second kappa shape index (κ2) is 10.9. The highest BCUT2D eigenvalue weighted by Gasteiger charge is 2.37. The molecule has 3 aromatic rings. The zero-order chi connectivity index (χ0) is 26.6. The van der Waals surface area contributed by atoms with Gasteiger partial charge < -0.3 is 9.64 Å². The molecule has 1 saturated heterocycles. The van der Waals surface area contributed by atoms with E-state index in [2.05, 4.69) is 9.97 Å². The molecule has 0 atom stereocenters. The molecule has 7 nitrogen and oxygen atoms in total. The summed E-state index contributed by atoms with van der Waals surface area (Å²) >= 11 is 5.47. The van der Waals surface area contributed by atoms with E-state index >= 15 is 0 Å². The summed E-state index contributed by atoms with van der Waals surface area (Å²) in [4.78, 5) is 22.7. The Balaban J connectivity index is 1.57. The molecule has 2 aromatic heterocycles. The summed E-state index contributed by atoms with van der Waals surface area (Å²) in [5.74, 6) is -1.17. The lowest BCUT2D eigenvalue weighted by molar-refractivity contribution is -0.138. The van der Waals surface area contributed by atoms with Crippen LogP contribution in [0, 0.1) is 17.1 Å². The number of amides is 1. The van der Waals surface area contributed by atoms with E-state index in [-0.39, 0.29) is 36.1 Å². The van der Waals surface area contributed by atoms with Gasteiger partial charge >= 0.3 is 6.18 Å². The van der Waals surface area contributed by atoms with Crippen molar-refractivity contribution in [2.75, 3.05) is 23.0 Å².